The number of fused-ring (bicyclic) bond motifs is 1. The molecule has 5 nitrogen and oxygen atoms in total. The number of nitrogens with two attached hydrogens (primary N) is 1. The van der Waals surface area contributed by atoms with Crippen LogP contribution in [0, 0.1) is 0 Å². The van der Waals surface area contributed by atoms with Gasteiger partial charge < -0.3 is 20.3 Å². The molecule has 2 N–H and O–H groups in total. The van der Waals surface area contributed by atoms with Crippen LogP contribution in [0.15, 0.2) is 18.2 Å². The third-order valence-corrected chi connectivity index (χ3v) is 4.80. The van der Waals surface area contributed by atoms with Gasteiger partial charge >= 0.3 is 0 Å². The summed E-state index contributed by atoms with van der Waals surface area (Å²) in [5, 5.41) is 0. The zero-order valence-electron chi connectivity index (χ0n) is 13.8. The standard InChI is InChI=1S/C18H27N3O2/c19-14-21-11-7-15-13-16(5-6-17(15)18(21)22)23-12-4-10-20-8-2-1-3-9-20/h5-6,13H,1-4,7-12,14,19H2. The van der Waals surface area contributed by atoms with Gasteiger partial charge in [-0.1, -0.05) is 6.42 Å². The fourth-order valence-electron chi connectivity index (χ4n) is 3.44. The smallest absolute Gasteiger partial charge is 0.255 e. The quantitative estimate of drug-likeness (QED) is 0.814. The van der Waals surface area contributed by atoms with E-state index in [-0.39, 0.29) is 12.6 Å². The first-order chi connectivity index (χ1) is 11.3. The minimum atomic E-state index is 0.0328. The second kappa shape index (κ2) is 7.79. The van der Waals surface area contributed by atoms with Crippen LogP contribution < -0.4 is 10.5 Å². The number of amides is 1. The number of nitrogens with zero attached hydrogens (tertiary/aromatic N) is 2. The third-order valence-electron chi connectivity index (χ3n) is 4.80. The lowest BCUT2D eigenvalue weighted by molar-refractivity contribution is 0.0744. The number of hydrogen-bond donors (Lipinski definition) is 1. The Morgan fingerprint density at radius 3 is 2.74 bits per heavy atom. The molecule has 2 aliphatic heterocycles. The summed E-state index contributed by atoms with van der Waals surface area (Å²) in [5.41, 5.74) is 7.44. The van der Waals surface area contributed by atoms with Crippen molar-refractivity contribution in [3.63, 3.8) is 0 Å². The SMILES string of the molecule is NCN1CCc2cc(OCCCN3CCCCC3)ccc2C1=O. The molecule has 5 heteroatoms. The Labute approximate surface area is 138 Å². The number of rotatable bonds is 6. The van der Waals surface area contributed by atoms with E-state index in [1.165, 1.54) is 32.4 Å². The van der Waals surface area contributed by atoms with E-state index in [4.69, 9.17) is 10.5 Å². The molecule has 0 radical (unpaired) electrons. The number of piperidine rings is 1. The molecule has 3 rings (SSSR count). The van der Waals surface area contributed by atoms with E-state index in [1.807, 2.05) is 18.2 Å². The van der Waals surface area contributed by atoms with Crippen LogP contribution in [0.3, 0.4) is 0 Å². The molecule has 2 aliphatic rings. The molecule has 1 aromatic carbocycles. The van der Waals surface area contributed by atoms with E-state index in [0.29, 0.717) is 6.54 Å². The summed E-state index contributed by atoms with van der Waals surface area (Å²) in [4.78, 5) is 16.4. The van der Waals surface area contributed by atoms with Gasteiger partial charge in [0.25, 0.3) is 5.91 Å². The summed E-state index contributed by atoms with van der Waals surface area (Å²) >= 11 is 0. The molecular weight excluding hydrogens is 290 g/mol. The summed E-state index contributed by atoms with van der Waals surface area (Å²) < 4.78 is 5.88. The number of ether oxygens (including phenoxy) is 1. The molecule has 0 unspecified atom stereocenters. The van der Waals surface area contributed by atoms with Gasteiger partial charge in [0, 0.05) is 18.7 Å². The molecular formula is C18H27N3O2. The van der Waals surface area contributed by atoms with Gasteiger partial charge in [-0.15, -0.1) is 0 Å². The summed E-state index contributed by atoms with van der Waals surface area (Å²) in [6.45, 7) is 5.30. The highest BCUT2D eigenvalue weighted by Crippen LogP contribution is 2.23. The molecule has 0 aromatic heterocycles. The highest BCUT2D eigenvalue weighted by atomic mass is 16.5. The predicted molar refractivity (Wildman–Crippen MR) is 90.6 cm³/mol. The van der Waals surface area contributed by atoms with E-state index in [2.05, 4.69) is 4.90 Å². The van der Waals surface area contributed by atoms with Gasteiger partial charge in [0.15, 0.2) is 0 Å². The van der Waals surface area contributed by atoms with E-state index < -0.39 is 0 Å². The minimum Gasteiger partial charge on any atom is -0.494 e. The predicted octanol–water partition coefficient (Wildman–Crippen LogP) is 1.86. The number of carbonyl (C=O) groups excluding carboxylic acids is 1. The van der Waals surface area contributed by atoms with Crippen LogP contribution in [0.4, 0.5) is 0 Å². The van der Waals surface area contributed by atoms with Gasteiger partial charge in [0.2, 0.25) is 0 Å². The maximum atomic E-state index is 12.2. The van der Waals surface area contributed by atoms with Gasteiger partial charge in [-0.3, -0.25) is 4.79 Å². The molecule has 2 heterocycles. The largest absolute Gasteiger partial charge is 0.494 e. The van der Waals surface area contributed by atoms with Crippen molar-refractivity contribution >= 4 is 5.91 Å². The van der Waals surface area contributed by atoms with Crippen molar-refractivity contribution in [2.75, 3.05) is 39.5 Å². The van der Waals surface area contributed by atoms with Crippen molar-refractivity contribution in [2.24, 2.45) is 5.73 Å². The van der Waals surface area contributed by atoms with E-state index in [9.17, 15) is 4.79 Å². The first kappa shape index (κ1) is 16.3. The number of benzene rings is 1. The van der Waals surface area contributed by atoms with Crippen molar-refractivity contribution in [1.29, 1.82) is 0 Å². The van der Waals surface area contributed by atoms with Crippen LogP contribution in [0.25, 0.3) is 0 Å². The Bertz CT molecular complexity index is 541. The van der Waals surface area contributed by atoms with Gasteiger partial charge in [0.1, 0.15) is 5.75 Å². The molecule has 1 fully saturated rings. The summed E-state index contributed by atoms with van der Waals surface area (Å²) in [5.74, 6) is 0.904. The Morgan fingerprint density at radius 2 is 1.96 bits per heavy atom. The monoisotopic (exact) mass is 317 g/mol. The van der Waals surface area contributed by atoms with E-state index in [1.54, 1.807) is 4.90 Å². The second-order valence-electron chi connectivity index (χ2n) is 6.42. The van der Waals surface area contributed by atoms with Crippen LogP contribution in [0.1, 0.15) is 41.6 Å². The molecule has 1 saturated heterocycles. The van der Waals surface area contributed by atoms with Crippen molar-refractivity contribution < 1.29 is 9.53 Å². The Balaban J connectivity index is 1.49. The van der Waals surface area contributed by atoms with Gasteiger partial charge in [-0.25, -0.2) is 0 Å². The Kier molecular flexibility index (Phi) is 5.51. The lowest BCUT2D eigenvalue weighted by atomic mass is 9.99. The summed E-state index contributed by atoms with van der Waals surface area (Å²) in [6.07, 6.45) is 5.95. The Hall–Kier alpha value is -1.59. The topological polar surface area (TPSA) is 58.8 Å². The third kappa shape index (κ3) is 4.03. The average molecular weight is 317 g/mol. The molecule has 0 atom stereocenters. The van der Waals surface area contributed by atoms with Gasteiger partial charge in [-0.2, -0.15) is 0 Å². The molecule has 0 aliphatic carbocycles. The number of likely N-dealkylation sites (tertiary alicyclic amines) is 1. The first-order valence-corrected chi connectivity index (χ1v) is 8.75. The average Bonchev–Trinajstić information content (AvgIpc) is 2.60. The maximum Gasteiger partial charge on any atom is 0.255 e. The second-order valence-corrected chi connectivity index (χ2v) is 6.42. The van der Waals surface area contributed by atoms with Crippen molar-refractivity contribution in [2.45, 2.75) is 32.1 Å². The van der Waals surface area contributed by atoms with E-state index in [0.717, 1.165) is 42.9 Å². The number of hydrogen-bond acceptors (Lipinski definition) is 4. The molecule has 0 bridgehead atoms. The molecule has 126 valence electrons. The molecule has 0 spiro atoms. The molecule has 23 heavy (non-hydrogen) atoms. The van der Waals surface area contributed by atoms with E-state index >= 15 is 0 Å². The molecule has 1 amide bonds. The lowest BCUT2D eigenvalue weighted by Gasteiger charge is -2.27. The van der Waals surface area contributed by atoms with Crippen LogP contribution in [-0.2, 0) is 6.42 Å². The normalized spacial score (nSPS) is 18.8. The van der Waals surface area contributed by atoms with Crippen LogP contribution >= 0.6 is 0 Å². The highest BCUT2D eigenvalue weighted by molar-refractivity contribution is 5.96. The Morgan fingerprint density at radius 1 is 1.13 bits per heavy atom. The molecule has 0 saturated carbocycles. The summed E-state index contributed by atoms with van der Waals surface area (Å²) in [6, 6.07) is 5.79. The lowest BCUT2D eigenvalue weighted by Crippen LogP contribution is -2.41. The zero-order chi connectivity index (χ0) is 16.1. The fourth-order valence-corrected chi connectivity index (χ4v) is 3.44. The van der Waals surface area contributed by atoms with Crippen molar-refractivity contribution in [1.82, 2.24) is 9.80 Å². The summed E-state index contributed by atoms with van der Waals surface area (Å²) in [7, 11) is 0. The molecule has 1 aromatic rings. The zero-order valence-corrected chi connectivity index (χ0v) is 13.8. The highest BCUT2D eigenvalue weighted by Gasteiger charge is 2.23. The van der Waals surface area contributed by atoms with Crippen LogP contribution in [0.2, 0.25) is 0 Å². The van der Waals surface area contributed by atoms with Crippen molar-refractivity contribution in [3.05, 3.63) is 29.3 Å². The fraction of sp³-hybridized carbons (Fsp3) is 0.611. The first-order valence-electron chi connectivity index (χ1n) is 8.75. The maximum absolute atomic E-state index is 12.2. The number of carbonyl (C=O) groups is 1. The van der Waals surface area contributed by atoms with Gasteiger partial charge in [-0.05, 0) is 62.5 Å². The van der Waals surface area contributed by atoms with Crippen LogP contribution in [0.5, 0.6) is 5.75 Å². The van der Waals surface area contributed by atoms with Crippen molar-refractivity contribution in [3.8, 4) is 5.75 Å². The minimum absolute atomic E-state index is 0.0328. The van der Waals surface area contributed by atoms with Gasteiger partial charge in [0.05, 0.1) is 13.3 Å². The van der Waals surface area contributed by atoms with Crippen LogP contribution in [-0.4, -0.2) is 55.2 Å².